The third-order valence-electron chi connectivity index (χ3n) is 3.98. The summed E-state index contributed by atoms with van der Waals surface area (Å²) in [7, 11) is 0. The highest BCUT2D eigenvalue weighted by molar-refractivity contribution is 5.90. The number of amides is 2. The van der Waals surface area contributed by atoms with Gasteiger partial charge in [0.05, 0.1) is 24.5 Å². The van der Waals surface area contributed by atoms with Crippen molar-refractivity contribution in [2.45, 2.75) is 26.1 Å². The molecule has 0 saturated carbocycles. The van der Waals surface area contributed by atoms with E-state index in [9.17, 15) is 22.8 Å². The number of anilines is 1. The van der Waals surface area contributed by atoms with Crippen LogP contribution in [0.5, 0.6) is 0 Å². The van der Waals surface area contributed by atoms with E-state index >= 15 is 0 Å². The second-order valence-corrected chi connectivity index (χ2v) is 6.15. The van der Waals surface area contributed by atoms with E-state index in [0.717, 1.165) is 10.7 Å². The molecule has 0 aliphatic carbocycles. The molecular formula is C17H17F3N4O3. The highest BCUT2D eigenvalue weighted by Crippen LogP contribution is 2.32. The van der Waals surface area contributed by atoms with Crippen molar-refractivity contribution in [1.82, 2.24) is 15.1 Å². The molecule has 2 aromatic rings. The monoisotopic (exact) mass is 382 g/mol. The molecule has 2 heterocycles. The largest absolute Gasteiger partial charge is 0.442 e. The molecule has 1 aromatic heterocycles. The second kappa shape index (κ2) is 6.93. The number of cyclic esters (lactones) is 1. The van der Waals surface area contributed by atoms with Crippen molar-refractivity contribution in [3.8, 4) is 5.69 Å². The molecule has 0 spiro atoms. The molecule has 27 heavy (non-hydrogen) atoms. The van der Waals surface area contributed by atoms with E-state index in [1.54, 1.807) is 0 Å². The molecule has 144 valence electrons. The number of alkyl halides is 3. The summed E-state index contributed by atoms with van der Waals surface area (Å²) in [6, 6.07) is 6.92. The number of nitrogens with zero attached hydrogens (tertiary/aromatic N) is 3. The molecule has 1 atom stereocenters. The van der Waals surface area contributed by atoms with E-state index in [-0.39, 0.29) is 30.4 Å². The van der Waals surface area contributed by atoms with Gasteiger partial charge in [-0.05, 0) is 37.3 Å². The van der Waals surface area contributed by atoms with Crippen LogP contribution in [-0.2, 0) is 15.7 Å². The molecule has 1 saturated heterocycles. The van der Waals surface area contributed by atoms with Gasteiger partial charge in [0, 0.05) is 12.6 Å². The van der Waals surface area contributed by atoms with Crippen molar-refractivity contribution in [1.29, 1.82) is 0 Å². The summed E-state index contributed by atoms with van der Waals surface area (Å²) in [6.07, 6.45) is -5.61. The minimum atomic E-state index is -4.53. The number of hydrogen-bond acceptors (Lipinski definition) is 4. The van der Waals surface area contributed by atoms with Gasteiger partial charge in [0.15, 0.2) is 0 Å². The lowest BCUT2D eigenvalue weighted by Crippen LogP contribution is -2.33. The molecule has 0 bridgehead atoms. The number of carbonyl (C=O) groups is 2. The fraction of sp³-hybridized carbons (Fsp3) is 0.353. The number of halogens is 3. The fourth-order valence-corrected chi connectivity index (χ4v) is 2.77. The van der Waals surface area contributed by atoms with Crippen molar-refractivity contribution in [2.24, 2.45) is 0 Å². The van der Waals surface area contributed by atoms with E-state index in [1.165, 1.54) is 43.0 Å². The molecule has 7 nitrogen and oxygen atoms in total. The molecule has 1 aliphatic heterocycles. The van der Waals surface area contributed by atoms with Crippen LogP contribution in [0.2, 0.25) is 0 Å². The summed E-state index contributed by atoms with van der Waals surface area (Å²) in [6.45, 7) is 3.26. The summed E-state index contributed by atoms with van der Waals surface area (Å²) < 4.78 is 45.4. The van der Waals surface area contributed by atoms with Gasteiger partial charge in [-0.15, -0.1) is 0 Å². The number of benzene rings is 1. The van der Waals surface area contributed by atoms with Gasteiger partial charge in [-0.3, -0.25) is 9.69 Å². The third kappa shape index (κ3) is 4.04. The van der Waals surface area contributed by atoms with E-state index < -0.39 is 24.1 Å². The lowest BCUT2D eigenvalue weighted by atomic mass is 10.2. The average molecular weight is 382 g/mol. The maximum Gasteiger partial charge on any atom is 0.433 e. The lowest BCUT2D eigenvalue weighted by Gasteiger charge is -2.15. The Morgan fingerprint density at radius 3 is 2.52 bits per heavy atom. The van der Waals surface area contributed by atoms with E-state index in [0.29, 0.717) is 5.69 Å². The lowest BCUT2D eigenvalue weighted by molar-refractivity contribution is -0.142. The van der Waals surface area contributed by atoms with Gasteiger partial charge < -0.3 is 10.1 Å². The van der Waals surface area contributed by atoms with E-state index in [2.05, 4.69) is 10.4 Å². The van der Waals surface area contributed by atoms with Gasteiger partial charge >= 0.3 is 12.3 Å². The molecule has 0 unspecified atom stereocenters. The molecule has 1 fully saturated rings. The van der Waals surface area contributed by atoms with Crippen molar-refractivity contribution < 1.29 is 27.5 Å². The highest BCUT2D eigenvalue weighted by Gasteiger charge is 2.36. The number of carbonyl (C=O) groups excluding carboxylic acids is 2. The van der Waals surface area contributed by atoms with Crippen LogP contribution in [-0.4, -0.2) is 41.0 Å². The van der Waals surface area contributed by atoms with Gasteiger partial charge in [0.25, 0.3) is 0 Å². The smallest absolute Gasteiger partial charge is 0.433 e. The number of rotatable bonds is 4. The summed E-state index contributed by atoms with van der Waals surface area (Å²) in [5.74, 6) is -0.233. The van der Waals surface area contributed by atoms with Gasteiger partial charge in [-0.25, -0.2) is 9.48 Å². The zero-order valence-electron chi connectivity index (χ0n) is 14.6. The normalized spacial score (nSPS) is 17.1. The van der Waals surface area contributed by atoms with Crippen LogP contribution in [0, 0.1) is 6.92 Å². The van der Waals surface area contributed by atoms with Crippen LogP contribution in [0.25, 0.3) is 5.69 Å². The summed E-state index contributed by atoms with van der Waals surface area (Å²) in [5, 5.41) is 6.47. The molecule has 3 rings (SSSR count). The fourth-order valence-electron chi connectivity index (χ4n) is 2.77. The molecule has 2 amide bonds. The van der Waals surface area contributed by atoms with Gasteiger partial charge in [0.1, 0.15) is 11.8 Å². The first-order valence-electron chi connectivity index (χ1n) is 8.12. The van der Waals surface area contributed by atoms with E-state index in [4.69, 9.17) is 4.74 Å². The Labute approximate surface area is 152 Å². The molecule has 10 heteroatoms. The van der Waals surface area contributed by atoms with Gasteiger partial charge in [-0.2, -0.15) is 18.3 Å². The predicted octanol–water partition coefficient (Wildman–Crippen LogP) is 2.66. The first-order chi connectivity index (χ1) is 12.6. The number of aryl methyl sites for hydroxylation is 1. The van der Waals surface area contributed by atoms with E-state index in [1.807, 2.05) is 0 Å². The Morgan fingerprint density at radius 1 is 1.30 bits per heavy atom. The first-order valence-corrected chi connectivity index (χ1v) is 8.12. The van der Waals surface area contributed by atoms with Crippen LogP contribution < -0.4 is 10.2 Å². The molecule has 1 N–H and O–H groups in total. The number of aromatic nitrogens is 2. The SMILES string of the molecule is CC(=O)NC[C@H]1CN(c2ccc(-n3nc(C)cc3C(F)(F)F)cc2)C(=O)O1. The van der Waals surface area contributed by atoms with Gasteiger partial charge in [-0.1, -0.05) is 0 Å². The second-order valence-electron chi connectivity index (χ2n) is 6.15. The number of nitrogens with one attached hydrogen (secondary N) is 1. The van der Waals surface area contributed by atoms with Crippen molar-refractivity contribution in [3.05, 3.63) is 41.7 Å². The minimum absolute atomic E-state index is 0.192. The average Bonchev–Trinajstić information content (AvgIpc) is 3.16. The van der Waals surface area contributed by atoms with Gasteiger partial charge in [0.2, 0.25) is 5.91 Å². The highest BCUT2D eigenvalue weighted by atomic mass is 19.4. The Balaban J connectivity index is 1.79. The zero-order valence-corrected chi connectivity index (χ0v) is 14.6. The summed E-state index contributed by atoms with van der Waals surface area (Å²) in [5.41, 5.74) is 0.0760. The Kier molecular flexibility index (Phi) is 4.81. The van der Waals surface area contributed by atoms with Crippen LogP contribution in [0.3, 0.4) is 0 Å². The molecule has 0 radical (unpaired) electrons. The summed E-state index contributed by atoms with van der Waals surface area (Å²) in [4.78, 5) is 24.3. The van der Waals surface area contributed by atoms with Crippen molar-refractivity contribution in [2.75, 3.05) is 18.0 Å². The maximum absolute atomic E-state index is 13.1. The zero-order chi connectivity index (χ0) is 19.8. The third-order valence-corrected chi connectivity index (χ3v) is 3.98. The topological polar surface area (TPSA) is 76.5 Å². The van der Waals surface area contributed by atoms with Crippen LogP contribution >= 0.6 is 0 Å². The van der Waals surface area contributed by atoms with Crippen LogP contribution in [0.15, 0.2) is 30.3 Å². The standard InChI is InChI=1S/C17H17F3N4O3/c1-10-7-15(17(18,19)20)24(22-10)13-5-3-12(4-6-13)23-9-14(27-16(23)26)8-21-11(2)25/h3-7,14H,8-9H2,1-2H3,(H,21,25)/t14-/m0/s1. The molecule has 1 aliphatic rings. The Bertz CT molecular complexity index is 861. The summed E-state index contributed by atoms with van der Waals surface area (Å²) >= 11 is 0. The Hall–Kier alpha value is -3.04. The van der Waals surface area contributed by atoms with Crippen LogP contribution in [0.4, 0.5) is 23.7 Å². The predicted molar refractivity (Wildman–Crippen MR) is 89.6 cm³/mol. The van der Waals surface area contributed by atoms with Crippen molar-refractivity contribution >= 4 is 17.7 Å². The minimum Gasteiger partial charge on any atom is -0.442 e. The quantitative estimate of drug-likeness (QED) is 0.882. The molecule has 1 aromatic carbocycles. The van der Waals surface area contributed by atoms with Crippen molar-refractivity contribution in [3.63, 3.8) is 0 Å². The van der Waals surface area contributed by atoms with Crippen LogP contribution in [0.1, 0.15) is 18.3 Å². The molecular weight excluding hydrogens is 365 g/mol. The number of hydrogen-bond donors (Lipinski definition) is 1. The first kappa shape index (κ1) is 18.7. The maximum atomic E-state index is 13.1. The Morgan fingerprint density at radius 2 is 1.93 bits per heavy atom. The number of ether oxygens (including phenoxy) is 1.